The Hall–Kier alpha value is -1.61. The number of fused-ring (bicyclic) bond motifs is 1. The Bertz CT molecular complexity index is 491. The number of hydrogen-bond donors (Lipinski definition) is 0. The fraction of sp³-hybridized carbons (Fsp3) is 0.154. The summed E-state index contributed by atoms with van der Waals surface area (Å²) in [5.74, 6) is 0.925. The van der Waals surface area contributed by atoms with Gasteiger partial charge in [-0.2, -0.15) is 11.3 Å². The lowest BCUT2D eigenvalue weighted by molar-refractivity contribution is 0.0825. The standard InChI is InChI=1S/C13H10O2S/c14-13(10-5-6-16-8-10)12-7-9-3-1-2-4-11(9)15-12/h1-6,8,12H,7H2. The summed E-state index contributed by atoms with van der Waals surface area (Å²) >= 11 is 1.53. The molecule has 1 atom stereocenters. The molecule has 1 aliphatic heterocycles. The van der Waals surface area contributed by atoms with Crippen LogP contribution in [0, 0.1) is 0 Å². The van der Waals surface area contributed by atoms with Gasteiger partial charge in [0.1, 0.15) is 5.75 Å². The van der Waals surface area contributed by atoms with Crippen molar-refractivity contribution in [2.24, 2.45) is 0 Å². The van der Waals surface area contributed by atoms with E-state index in [1.807, 2.05) is 41.1 Å². The molecule has 0 amide bonds. The fourth-order valence-corrected chi connectivity index (χ4v) is 2.56. The zero-order valence-corrected chi connectivity index (χ0v) is 9.37. The number of rotatable bonds is 2. The zero-order valence-electron chi connectivity index (χ0n) is 8.55. The van der Waals surface area contributed by atoms with Crippen molar-refractivity contribution in [2.45, 2.75) is 12.5 Å². The van der Waals surface area contributed by atoms with E-state index in [9.17, 15) is 4.79 Å². The first-order valence-electron chi connectivity index (χ1n) is 5.15. The van der Waals surface area contributed by atoms with Gasteiger partial charge in [-0.05, 0) is 23.1 Å². The van der Waals surface area contributed by atoms with E-state index in [1.54, 1.807) is 0 Å². The van der Waals surface area contributed by atoms with Gasteiger partial charge in [0, 0.05) is 17.4 Å². The maximum absolute atomic E-state index is 12.1. The average molecular weight is 230 g/mol. The summed E-state index contributed by atoms with van der Waals surface area (Å²) in [7, 11) is 0. The molecule has 2 nitrogen and oxygen atoms in total. The monoisotopic (exact) mass is 230 g/mol. The molecule has 1 unspecified atom stereocenters. The second-order valence-corrected chi connectivity index (χ2v) is 4.57. The number of carbonyl (C=O) groups excluding carboxylic acids is 1. The van der Waals surface area contributed by atoms with Crippen LogP contribution in [0.25, 0.3) is 0 Å². The van der Waals surface area contributed by atoms with E-state index in [0.29, 0.717) is 6.42 Å². The maximum atomic E-state index is 12.1. The van der Waals surface area contributed by atoms with Gasteiger partial charge in [-0.25, -0.2) is 0 Å². The van der Waals surface area contributed by atoms with Gasteiger partial charge in [-0.1, -0.05) is 18.2 Å². The zero-order chi connectivity index (χ0) is 11.0. The average Bonchev–Trinajstić information content (AvgIpc) is 2.97. The van der Waals surface area contributed by atoms with Gasteiger partial charge in [-0.3, -0.25) is 4.79 Å². The van der Waals surface area contributed by atoms with E-state index >= 15 is 0 Å². The highest BCUT2D eigenvalue weighted by molar-refractivity contribution is 7.08. The van der Waals surface area contributed by atoms with E-state index in [1.165, 1.54) is 11.3 Å². The molecule has 1 aromatic carbocycles. The van der Waals surface area contributed by atoms with Crippen molar-refractivity contribution in [3.63, 3.8) is 0 Å². The Labute approximate surface area is 97.5 Å². The van der Waals surface area contributed by atoms with Crippen LogP contribution < -0.4 is 4.74 Å². The van der Waals surface area contributed by atoms with E-state index in [2.05, 4.69) is 0 Å². The van der Waals surface area contributed by atoms with Crippen molar-refractivity contribution in [1.29, 1.82) is 0 Å². The molecule has 0 saturated carbocycles. The third-order valence-electron chi connectivity index (χ3n) is 2.75. The first-order chi connectivity index (χ1) is 7.84. The number of benzene rings is 1. The number of ether oxygens (including phenoxy) is 1. The molecule has 0 bridgehead atoms. The molecule has 1 aliphatic rings. The molecule has 16 heavy (non-hydrogen) atoms. The van der Waals surface area contributed by atoms with Crippen molar-refractivity contribution >= 4 is 17.1 Å². The molecule has 0 fully saturated rings. The predicted molar refractivity (Wildman–Crippen MR) is 63.2 cm³/mol. The molecule has 1 aromatic heterocycles. The number of ketones is 1. The van der Waals surface area contributed by atoms with Crippen molar-refractivity contribution in [3.05, 3.63) is 52.2 Å². The van der Waals surface area contributed by atoms with Gasteiger partial charge in [0.2, 0.25) is 5.78 Å². The van der Waals surface area contributed by atoms with Gasteiger partial charge in [0.05, 0.1) is 0 Å². The van der Waals surface area contributed by atoms with Crippen LogP contribution in [0.1, 0.15) is 15.9 Å². The molecule has 3 heteroatoms. The van der Waals surface area contributed by atoms with Crippen LogP contribution in [0.2, 0.25) is 0 Å². The van der Waals surface area contributed by atoms with Gasteiger partial charge >= 0.3 is 0 Å². The quantitative estimate of drug-likeness (QED) is 0.741. The van der Waals surface area contributed by atoms with E-state index < -0.39 is 0 Å². The normalized spacial score (nSPS) is 17.9. The Morgan fingerprint density at radius 2 is 2.19 bits per heavy atom. The maximum Gasteiger partial charge on any atom is 0.204 e. The van der Waals surface area contributed by atoms with Crippen molar-refractivity contribution in [2.75, 3.05) is 0 Å². The van der Waals surface area contributed by atoms with Crippen molar-refractivity contribution in [3.8, 4) is 5.75 Å². The summed E-state index contributed by atoms with van der Waals surface area (Å²) in [5, 5.41) is 3.78. The first kappa shape index (κ1) is 9.60. The minimum absolute atomic E-state index is 0.0810. The van der Waals surface area contributed by atoms with Crippen LogP contribution in [0.15, 0.2) is 41.1 Å². The lowest BCUT2D eigenvalue weighted by Crippen LogP contribution is -2.24. The van der Waals surface area contributed by atoms with Crippen LogP contribution >= 0.6 is 11.3 Å². The topological polar surface area (TPSA) is 26.3 Å². The fourth-order valence-electron chi connectivity index (χ4n) is 1.92. The number of hydrogen-bond acceptors (Lipinski definition) is 3. The highest BCUT2D eigenvalue weighted by Gasteiger charge is 2.29. The number of para-hydroxylation sites is 1. The third kappa shape index (κ3) is 1.53. The predicted octanol–water partition coefficient (Wildman–Crippen LogP) is 2.93. The molecule has 2 heterocycles. The molecule has 0 spiro atoms. The summed E-state index contributed by atoms with van der Waals surface area (Å²) in [6, 6.07) is 9.67. The van der Waals surface area contributed by atoms with Crippen molar-refractivity contribution in [1.82, 2.24) is 0 Å². The van der Waals surface area contributed by atoms with Crippen LogP contribution in [0.5, 0.6) is 5.75 Å². The van der Waals surface area contributed by atoms with E-state index in [0.717, 1.165) is 16.9 Å². The Balaban J connectivity index is 1.84. The molecule has 0 N–H and O–H groups in total. The van der Waals surface area contributed by atoms with Gasteiger partial charge in [0.25, 0.3) is 0 Å². The van der Waals surface area contributed by atoms with Crippen LogP contribution in [-0.2, 0) is 6.42 Å². The third-order valence-corrected chi connectivity index (χ3v) is 3.43. The molecule has 80 valence electrons. The smallest absolute Gasteiger partial charge is 0.204 e. The second kappa shape index (κ2) is 3.76. The molecule has 3 rings (SSSR count). The molecular formula is C13H10O2S. The number of Topliss-reactive ketones (excluding diaryl/α,β-unsaturated/α-hetero) is 1. The molecule has 0 aliphatic carbocycles. The summed E-state index contributed by atoms with van der Waals surface area (Å²) in [5.41, 5.74) is 1.87. The van der Waals surface area contributed by atoms with Gasteiger partial charge in [0.15, 0.2) is 6.10 Å². The summed E-state index contributed by atoms with van der Waals surface area (Å²) in [6.45, 7) is 0. The second-order valence-electron chi connectivity index (χ2n) is 3.79. The Morgan fingerprint density at radius 3 is 2.94 bits per heavy atom. The lowest BCUT2D eigenvalue weighted by Gasteiger charge is -2.07. The molecular weight excluding hydrogens is 220 g/mol. The van der Waals surface area contributed by atoms with Gasteiger partial charge in [-0.15, -0.1) is 0 Å². The lowest BCUT2D eigenvalue weighted by atomic mass is 10.0. The Morgan fingerprint density at radius 1 is 1.31 bits per heavy atom. The van der Waals surface area contributed by atoms with Crippen LogP contribution in [0.4, 0.5) is 0 Å². The highest BCUT2D eigenvalue weighted by atomic mass is 32.1. The van der Waals surface area contributed by atoms with E-state index in [4.69, 9.17) is 4.74 Å². The largest absolute Gasteiger partial charge is 0.482 e. The first-order valence-corrected chi connectivity index (χ1v) is 6.10. The molecule has 0 saturated heterocycles. The molecule has 0 radical (unpaired) electrons. The SMILES string of the molecule is O=C(c1ccsc1)C1Cc2ccccc2O1. The minimum Gasteiger partial charge on any atom is -0.482 e. The number of carbonyl (C=O) groups is 1. The summed E-state index contributed by atoms with van der Waals surface area (Å²) in [6.07, 6.45) is 0.345. The molecule has 2 aromatic rings. The van der Waals surface area contributed by atoms with E-state index in [-0.39, 0.29) is 11.9 Å². The Kier molecular flexibility index (Phi) is 2.26. The van der Waals surface area contributed by atoms with Crippen LogP contribution in [-0.4, -0.2) is 11.9 Å². The minimum atomic E-state index is -0.341. The van der Waals surface area contributed by atoms with Crippen molar-refractivity contribution < 1.29 is 9.53 Å². The highest BCUT2D eigenvalue weighted by Crippen LogP contribution is 2.29. The van der Waals surface area contributed by atoms with Crippen LogP contribution in [0.3, 0.4) is 0 Å². The summed E-state index contributed by atoms with van der Waals surface area (Å²) < 4.78 is 5.65. The van der Waals surface area contributed by atoms with Gasteiger partial charge < -0.3 is 4.74 Å². The number of thiophene rings is 1. The summed E-state index contributed by atoms with van der Waals surface area (Å²) in [4.78, 5) is 12.1.